The van der Waals surface area contributed by atoms with Gasteiger partial charge in [0.25, 0.3) is 0 Å². The van der Waals surface area contributed by atoms with Crippen molar-refractivity contribution in [1.29, 1.82) is 0 Å². The van der Waals surface area contributed by atoms with Crippen molar-refractivity contribution >= 4 is 11.8 Å². The molecule has 1 aliphatic heterocycles. The van der Waals surface area contributed by atoms with Gasteiger partial charge in [-0.15, -0.1) is 0 Å². The number of rotatable bonds is 8. The van der Waals surface area contributed by atoms with Gasteiger partial charge in [0.2, 0.25) is 11.8 Å². The topological polar surface area (TPSA) is 70.7 Å². The molecule has 2 aromatic carbocycles. The molecule has 1 saturated heterocycles. The molecule has 1 fully saturated rings. The Hall–Kier alpha value is -2.93. The molecule has 2 aromatic rings. The molecule has 0 saturated carbocycles. The van der Waals surface area contributed by atoms with Crippen LogP contribution >= 0.6 is 0 Å². The zero-order chi connectivity index (χ0) is 20.6. The van der Waals surface area contributed by atoms with Gasteiger partial charge in [0.1, 0.15) is 11.6 Å². The van der Waals surface area contributed by atoms with Gasteiger partial charge in [0.05, 0.1) is 19.6 Å². The molecule has 29 heavy (non-hydrogen) atoms. The summed E-state index contributed by atoms with van der Waals surface area (Å²) >= 11 is 0. The number of hydrogen-bond donors (Lipinski definition) is 2. The fourth-order valence-corrected chi connectivity index (χ4v) is 3.41. The Morgan fingerprint density at radius 2 is 2.07 bits per heavy atom. The molecule has 1 atom stereocenters. The van der Waals surface area contributed by atoms with E-state index in [-0.39, 0.29) is 30.6 Å². The lowest BCUT2D eigenvalue weighted by molar-refractivity contribution is -0.134. The van der Waals surface area contributed by atoms with Crippen LogP contribution in [0.1, 0.15) is 17.5 Å². The molecule has 1 unspecified atom stereocenters. The molecular formula is C22H26FN3O3. The number of ether oxygens (including phenoxy) is 1. The number of hydrogen-bond acceptors (Lipinski definition) is 4. The Labute approximate surface area is 170 Å². The molecule has 154 valence electrons. The molecule has 0 radical (unpaired) electrons. The van der Waals surface area contributed by atoms with Gasteiger partial charge >= 0.3 is 0 Å². The molecule has 6 nitrogen and oxygen atoms in total. The predicted octanol–water partition coefficient (Wildman–Crippen LogP) is 1.88. The summed E-state index contributed by atoms with van der Waals surface area (Å²) < 4.78 is 19.3. The molecular weight excluding hydrogens is 373 g/mol. The summed E-state index contributed by atoms with van der Waals surface area (Å²) in [6, 6.07) is 13.9. The van der Waals surface area contributed by atoms with Crippen LogP contribution in [0.5, 0.6) is 5.75 Å². The van der Waals surface area contributed by atoms with Crippen LogP contribution in [-0.4, -0.2) is 49.5 Å². The maximum absolute atomic E-state index is 14.3. The SMILES string of the molecule is COc1ccc(CN2CCNC(=O)C2CC(=O)NCCc2ccccc2)c(F)c1. The van der Waals surface area contributed by atoms with Crippen molar-refractivity contribution in [2.45, 2.75) is 25.4 Å². The number of benzene rings is 2. The van der Waals surface area contributed by atoms with Crippen molar-refractivity contribution in [2.24, 2.45) is 0 Å². The minimum absolute atomic E-state index is 0.0401. The number of amides is 2. The third-order valence-corrected chi connectivity index (χ3v) is 5.03. The van der Waals surface area contributed by atoms with Crippen LogP contribution in [-0.2, 0) is 22.6 Å². The Morgan fingerprint density at radius 3 is 2.79 bits per heavy atom. The first-order valence-electron chi connectivity index (χ1n) is 9.71. The Kier molecular flexibility index (Phi) is 7.19. The number of carbonyl (C=O) groups excluding carboxylic acids is 2. The summed E-state index contributed by atoms with van der Waals surface area (Å²) in [7, 11) is 1.48. The first-order chi connectivity index (χ1) is 14.1. The van der Waals surface area contributed by atoms with E-state index in [9.17, 15) is 14.0 Å². The van der Waals surface area contributed by atoms with Crippen molar-refractivity contribution in [1.82, 2.24) is 15.5 Å². The van der Waals surface area contributed by atoms with Gasteiger partial charge in [-0.1, -0.05) is 36.4 Å². The highest BCUT2D eigenvalue weighted by molar-refractivity contribution is 5.88. The van der Waals surface area contributed by atoms with Crippen LogP contribution in [0, 0.1) is 5.82 Å². The van der Waals surface area contributed by atoms with Gasteiger partial charge < -0.3 is 15.4 Å². The second-order valence-corrected chi connectivity index (χ2v) is 7.02. The lowest BCUT2D eigenvalue weighted by Gasteiger charge is -2.34. The summed E-state index contributed by atoms with van der Waals surface area (Å²) in [5, 5.41) is 5.67. The number of methoxy groups -OCH3 is 1. The standard InChI is InChI=1S/C22H26FN3O3/c1-29-18-8-7-17(19(23)13-18)15-26-12-11-25-22(28)20(26)14-21(27)24-10-9-16-5-3-2-4-6-16/h2-8,13,20H,9-12,14-15H2,1H3,(H,24,27)(H,25,28). The van der Waals surface area contributed by atoms with Gasteiger partial charge in [-0.05, 0) is 18.1 Å². The van der Waals surface area contributed by atoms with E-state index in [1.165, 1.54) is 13.2 Å². The largest absolute Gasteiger partial charge is 0.497 e. The summed E-state index contributed by atoms with van der Waals surface area (Å²) in [5.41, 5.74) is 1.61. The molecule has 0 aliphatic carbocycles. The first-order valence-corrected chi connectivity index (χ1v) is 9.71. The van der Waals surface area contributed by atoms with Crippen molar-refractivity contribution in [2.75, 3.05) is 26.7 Å². The fourth-order valence-electron chi connectivity index (χ4n) is 3.41. The fraction of sp³-hybridized carbons (Fsp3) is 0.364. The number of carbonyl (C=O) groups is 2. The average Bonchev–Trinajstić information content (AvgIpc) is 2.72. The second-order valence-electron chi connectivity index (χ2n) is 7.02. The monoisotopic (exact) mass is 399 g/mol. The van der Waals surface area contributed by atoms with E-state index in [0.717, 1.165) is 12.0 Å². The minimum atomic E-state index is -0.623. The van der Waals surface area contributed by atoms with Crippen LogP contribution in [0.25, 0.3) is 0 Å². The Balaban J connectivity index is 1.57. The van der Waals surface area contributed by atoms with E-state index in [1.54, 1.807) is 12.1 Å². The zero-order valence-electron chi connectivity index (χ0n) is 16.5. The lowest BCUT2D eigenvalue weighted by atomic mass is 10.1. The maximum atomic E-state index is 14.3. The van der Waals surface area contributed by atoms with E-state index in [4.69, 9.17) is 4.74 Å². The Morgan fingerprint density at radius 1 is 1.28 bits per heavy atom. The molecule has 0 spiro atoms. The number of piperazine rings is 1. The van der Waals surface area contributed by atoms with Gasteiger partial charge in [-0.3, -0.25) is 14.5 Å². The quantitative estimate of drug-likeness (QED) is 0.711. The Bertz CT molecular complexity index is 844. The number of nitrogens with zero attached hydrogens (tertiary/aromatic N) is 1. The van der Waals surface area contributed by atoms with Gasteiger partial charge in [0, 0.05) is 37.8 Å². The van der Waals surface area contributed by atoms with Gasteiger partial charge in [-0.2, -0.15) is 0 Å². The summed E-state index contributed by atoms with van der Waals surface area (Å²) in [6.07, 6.45) is 0.766. The van der Waals surface area contributed by atoms with Crippen LogP contribution in [0.3, 0.4) is 0 Å². The van der Waals surface area contributed by atoms with E-state index < -0.39 is 6.04 Å². The molecule has 0 bridgehead atoms. The van der Waals surface area contributed by atoms with Crippen molar-refractivity contribution in [3.05, 3.63) is 65.5 Å². The lowest BCUT2D eigenvalue weighted by Crippen LogP contribution is -2.56. The molecule has 3 rings (SSSR count). The molecule has 2 amide bonds. The highest BCUT2D eigenvalue weighted by Crippen LogP contribution is 2.20. The highest BCUT2D eigenvalue weighted by Gasteiger charge is 2.32. The smallest absolute Gasteiger partial charge is 0.237 e. The summed E-state index contributed by atoms with van der Waals surface area (Å²) in [5.74, 6) is -0.343. The maximum Gasteiger partial charge on any atom is 0.237 e. The summed E-state index contributed by atoms with van der Waals surface area (Å²) in [4.78, 5) is 26.6. The van der Waals surface area contributed by atoms with Gasteiger partial charge in [-0.25, -0.2) is 4.39 Å². The van der Waals surface area contributed by atoms with Crippen molar-refractivity contribution in [3.63, 3.8) is 0 Å². The van der Waals surface area contributed by atoms with Crippen molar-refractivity contribution in [3.8, 4) is 5.75 Å². The second kappa shape index (κ2) is 10.0. The number of halogens is 1. The van der Waals surface area contributed by atoms with Crippen LogP contribution in [0.2, 0.25) is 0 Å². The van der Waals surface area contributed by atoms with Crippen molar-refractivity contribution < 1.29 is 18.7 Å². The van der Waals surface area contributed by atoms with Crippen LogP contribution in [0.15, 0.2) is 48.5 Å². The van der Waals surface area contributed by atoms with E-state index >= 15 is 0 Å². The van der Waals surface area contributed by atoms with E-state index in [2.05, 4.69) is 10.6 Å². The van der Waals surface area contributed by atoms with Crippen LogP contribution < -0.4 is 15.4 Å². The average molecular weight is 399 g/mol. The number of nitrogens with one attached hydrogen (secondary N) is 2. The predicted molar refractivity (Wildman–Crippen MR) is 108 cm³/mol. The van der Waals surface area contributed by atoms with E-state index in [0.29, 0.717) is 30.9 Å². The molecule has 2 N–H and O–H groups in total. The first kappa shape index (κ1) is 20.8. The van der Waals surface area contributed by atoms with Gasteiger partial charge in [0.15, 0.2) is 0 Å². The molecule has 0 aromatic heterocycles. The molecule has 1 aliphatic rings. The van der Waals surface area contributed by atoms with E-state index in [1.807, 2.05) is 35.2 Å². The zero-order valence-corrected chi connectivity index (χ0v) is 16.5. The van der Waals surface area contributed by atoms with Crippen LogP contribution in [0.4, 0.5) is 4.39 Å². The third kappa shape index (κ3) is 5.77. The molecule has 1 heterocycles. The highest BCUT2D eigenvalue weighted by atomic mass is 19.1. The minimum Gasteiger partial charge on any atom is -0.497 e. The third-order valence-electron chi connectivity index (χ3n) is 5.03. The molecule has 7 heteroatoms. The normalized spacial score (nSPS) is 16.9. The summed E-state index contributed by atoms with van der Waals surface area (Å²) in [6.45, 7) is 1.79.